The van der Waals surface area contributed by atoms with Crippen LogP contribution in [0.2, 0.25) is 0 Å². The lowest BCUT2D eigenvalue weighted by atomic mass is 10.2. The number of quaternary nitrogens is 1. The van der Waals surface area contributed by atoms with Crippen molar-refractivity contribution in [2.75, 3.05) is 25.0 Å². The number of carbonyl (C=O) groups excluding carboxylic acids is 2. The largest absolute Gasteiger partial charge is 0.545 e. The highest BCUT2D eigenvalue weighted by Crippen LogP contribution is 2.27. The van der Waals surface area contributed by atoms with E-state index in [-0.39, 0.29) is 11.5 Å². The minimum absolute atomic E-state index is 0.0812. The number of carbonyl (C=O) groups is 2. The van der Waals surface area contributed by atoms with Crippen molar-refractivity contribution in [1.82, 2.24) is 0 Å². The molecule has 0 atom stereocenters. The van der Waals surface area contributed by atoms with E-state index in [9.17, 15) is 14.7 Å². The van der Waals surface area contributed by atoms with Crippen LogP contribution in [0.25, 0.3) is 0 Å². The van der Waals surface area contributed by atoms with Crippen LogP contribution in [0.15, 0.2) is 6.07 Å². The molecule has 6 heteroatoms. The Labute approximate surface area is 130 Å². The Hall–Kier alpha value is -1.40. The fourth-order valence-corrected chi connectivity index (χ4v) is 3.27. The van der Waals surface area contributed by atoms with Gasteiger partial charge in [0, 0.05) is 10.4 Å². The Kier molecular flexibility index (Phi) is 7.39. The number of hydrogen-bond donors (Lipinski definition) is 2. The fourth-order valence-electron chi connectivity index (χ4n) is 2.27. The van der Waals surface area contributed by atoms with Crippen LogP contribution < -0.4 is 15.3 Å². The lowest BCUT2D eigenvalue weighted by Gasteiger charge is -2.17. The third kappa shape index (κ3) is 5.47. The third-order valence-electron chi connectivity index (χ3n) is 3.22. The molecule has 1 heterocycles. The lowest BCUT2D eigenvalue weighted by molar-refractivity contribution is -0.891. The van der Waals surface area contributed by atoms with Gasteiger partial charge in [-0.05, 0) is 25.3 Å². The van der Waals surface area contributed by atoms with Crippen molar-refractivity contribution >= 4 is 28.2 Å². The molecule has 1 aromatic rings. The summed E-state index contributed by atoms with van der Waals surface area (Å²) in [7, 11) is 0. The van der Waals surface area contributed by atoms with Gasteiger partial charge in [0.05, 0.1) is 19.1 Å². The van der Waals surface area contributed by atoms with Crippen molar-refractivity contribution in [3.05, 3.63) is 16.5 Å². The molecule has 21 heavy (non-hydrogen) atoms. The molecule has 0 fully saturated rings. The second kappa shape index (κ2) is 8.79. The van der Waals surface area contributed by atoms with Crippen molar-refractivity contribution in [2.45, 2.75) is 40.0 Å². The number of carboxylic acids is 1. The van der Waals surface area contributed by atoms with E-state index < -0.39 is 5.97 Å². The number of nitrogens with one attached hydrogen (secondary N) is 2. The van der Waals surface area contributed by atoms with Gasteiger partial charge in [-0.25, -0.2) is 0 Å². The maximum absolute atomic E-state index is 12.1. The van der Waals surface area contributed by atoms with Crippen molar-refractivity contribution in [3.63, 3.8) is 0 Å². The van der Waals surface area contributed by atoms with E-state index >= 15 is 0 Å². The predicted molar refractivity (Wildman–Crippen MR) is 82.8 cm³/mol. The highest BCUT2D eigenvalue weighted by atomic mass is 32.1. The van der Waals surface area contributed by atoms with Gasteiger partial charge in [0.25, 0.3) is 5.91 Å². The molecule has 0 saturated carbocycles. The minimum atomic E-state index is -1.24. The molecule has 0 aromatic carbocycles. The molecule has 2 N–H and O–H groups in total. The fraction of sp³-hybridized carbons (Fsp3) is 0.600. The Balaban J connectivity index is 2.73. The summed E-state index contributed by atoms with van der Waals surface area (Å²) in [5.41, 5.74) is 0.0812. The molecule has 0 spiro atoms. The van der Waals surface area contributed by atoms with Crippen LogP contribution in [0, 0.1) is 0 Å². The molecule has 0 aliphatic heterocycles. The third-order valence-corrected chi connectivity index (χ3v) is 4.42. The van der Waals surface area contributed by atoms with Gasteiger partial charge in [-0.2, -0.15) is 0 Å². The number of rotatable bonds is 9. The molecular weight excluding hydrogens is 288 g/mol. The summed E-state index contributed by atoms with van der Waals surface area (Å²) in [6, 6.07) is 1.58. The first kappa shape index (κ1) is 17.7. The Morgan fingerprint density at radius 2 is 1.86 bits per heavy atom. The second-order valence-corrected chi connectivity index (χ2v) is 6.21. The first-order chi connectivity index (χ1) is 10.0. The van der Waals surface area contributed by atoms with E-state index in [4.69, 9.17) is 0 Å². The summed E-state index contributed by atoms with van der Waals surface area (Å²) in [5, 5.41) is 14.2. The first-order valence-corrected chi connectivity index (χ1v) is 8.30. The molecule has 1 amide bonds. The quantitative estimate of drug-likeness (QED) is 0.689. The van der Waals surface area contributed by atoms with Crippen LogP contribution in [0.1, 0.15) is 48.8 Å². The summed E-state index contributed by atoms with van der Waals surface area (Å²) in [6.07, 6.45) is 2.78. The van der Waals surface area contributed by atoms with E-state index in [2.05, 4.69) is 19.2 Å². The molecule has 0 aliphatic rings. The zero-order chi connectivity index (χ0) is 15.8. The van der Waals surface area contributed by atoms with Crippen molar-refractivity contribution in [2.24, 2.45) is 0 Å². The average Bonchev–Trinajstić information content (AvgIpc) is 2.82. The van der Waals surface area contributed by atoms with Crippen LogP contribution in [-0.4, -0.2) is 31.5 Å². The summed E-state index contributed by atoms with van der Waals surface area (Å²) in [4.78, 5) is 25.4. The maximum atomic E-state index is 12.1. The van der Waals surface area contributed by atoms with Gasteiger partial charge in [-0.15, -0.1) is 11.3 Å². The van der Waals surface area contributed by atoms with E-state index in [1.54, 1.807) is 6.07 Å². The smallest absolute Gasteiger partial charge is 0.280 e. The van der Waals surface area contributed by atoms with Crippen LogP contribution in [0.4, 0.5) is 5.00 Å². The van der Waals surface area contributed by atoms with Gasteiger partial charge in [0.15, 0.2) is 6.54 Å². The summed E-state index contributed by atoms with van der Waals surface area (Å²) < 4.78 is 0. The molecule has 5 nitrogen and oxygen atoms in total. The van der Waals surface area contributed by atoms with Gasteiger partial charge >= 0.3 is 0 Å². The highest BCUT2D eigenvalue weighted by molar-refractivity contribution is 7.16. The molecular formula is C15H24N2O3S. The van der Waals surface area contributed by atoms with Crippen LogP contribution in [-0.2, 0) is 11.2 Å². The normalized spacial score (nSPS) is 10.9. The monoisotopic (exact) mass is 312 g/mol. The highest BCUT2D eigenvalue weighted by Gasteiger charge is 2.16. The Bertz CT molecular complexity index is 479. The molecule has 1 rings (SSSR count). The molecule has 0 unspecified atom stereocenters. The number of carboxylic acid groups (broad SMARTS) is 1. The number of thiophene rings is 1. The average molecular weight is 312 g/mol. The van der Waals surface area contributed by atoms with Crippen LogP contribution in [0.3, 0.4) is 0 Å². The molecule has 0 saturated heterocycles. The minimum Gasteiger partial charge on any atom is -0.545 e. The SMILES string of the molecule is CCC[NH+](CCC)CC(=O)Nc1sc(CC)cc1C(=O)[O-]. The maximum Gasteiger partial charge on any atom is 0.280 e. The topological polar surface area (TPSA) is 73.7 Å². The van der Waals surface area contributed by atoms with Crippen molar-refractivity contribution in [3.8, 4) is 0 Å². The lowest BCUT2D eigenvalue weighted by Crippen LogP contribution is -3.13. The van der Waals surface area contributed by atoms with Crippen molar-refractivity contribution in [1.29, 1.82) is 0 Å². The summed E-state index contributed by atoms with van der Waals surface area (Å²) in [6.45, 7) is 8.39. The second-order valence-electron chi connectivity index (χ2n) is 5.07. The summed E-state index contributed by atoms with van der Waals surface area (Å²) >= 11 is 1.31. The van der Waals surface area contributed by atoms with E-state index in [0.29, 0.717) is 11.5 Å². The Morgan fingerprint density at radius 3 is 2.33 bits per heavy atom. The molecule has 118 valence electrons. The van der Waals surface area contributed by atoms with Crippen LogP contribution >= 0.6 is 11.3 Å². The number of anilines is 1. The summed E-state index contributed by atoms with van der Waals surface area (Å²) in [5.74, 6) is -1.38. The van der Waals surface area contributed by atoms with Gasteiger partial charge in [-0.1, -0.05) is 20.8 Å². The number of hydrogen-bond acceptors (Lipinski definition) is 4. The standard InChI is InChI=1S/C15H24N2O3S/c1-4-7-17(8-5-2)10-13(18)16-14-12(15(19)20)9-11(6-3)21-14/h9H,4-8,10H2,1-3H3,(H,16,18)(H,19,20). The van der Waals surface area contributed by atoms with E-state index in [1.165, 1.54) is 16.2 Å². The zero-order valence-electron chi connectivity index (χ0n) is 13.0. The zero-order valence-corrected chi connectivity index (χ0v) is 13.8. The first-order valence-electron chi connectivity index (χ1n) is 7.49. The van der Waals surface area contributed by atoms with Gasteiger partial charge in [0.2, 0.25) is 0 Å². The molecule has 1 aromatic heterocycles. The van der Waals surface area contributed by atoms with E-state index in [1.807, 2.05) is 6.92 Å². The Morgan fingerprint density at radius 1 is 1.24 bits per heavy atom. The van der Waals surface area contributed by atoms with Gasteiger partial charge in [-0.3, -0.25) is 4.79 Å². The molecule has 0 radical (unpaired) electrons. The molecule has 0 bridgehead atoms. The number of amides is 1. The predicted octanol–water partition coefficient (Wildman–Crippen LogP) is 0.317. The van der Waals surface area contributed by atoms with E-state index in [0.717, 1.165) is 37.2 Å². The number of aromatic carboxylic acids is 1. The van der Waals surface area contributed by atoms with Gasteiger partial charge in [0.1, 0.15) is 5.00 Å². The molecule has 0 aliphatic carbocycles. The number of aryl methyl sites for hydroxylation is 1. The van der Waals surface area contributed by atoms with Crippen molar-refractivity contribution < 1.29 is 19.6 Å². The van der Waals surface area contributed by atoms with Gasteiger partial charge < -0.3 is 20.1 Å². The van der Waals surface area contributed by atoms with Crippen LogP contribution in [0.5, 0.6) is 0 Å².